The lowest BCUT2D eigenvalue weighted by atomic mass is 10.3. The normalized spacial score (nSPS) is 12.4. The van der Waals surface area contributed by atoms with E-state index in [1.807, 2.05) is 13.8 Å². The molecule has 4 nitrogen and oxygen atoms in total. The Bertz CT molecular complexity index is 339. The number of nitriles is 1. The topological polar surface area (TPSA) is 53.6 Å². The van der Waals surface area contributed by atoms with Gasteiger partial charge in [-0.2, -0.15) is 10.4 Å². The average molecular weight is 213 g/mol. The van der Waals surface area contributed by atoms with Crippen molar-refractivity contribution in [2.75, 3.05) is 6.54 Å². The maximum Gasteiger partial charge on any atom is 0.115 e. The predicted octanol–water partition coefficient (Wildman–Crippen LogP) is 1.35. The molecule has 1 rings (SSSR count). The molecule has 14 heavy (non-hydrogen) atoms. The van der Waals surface area contributed by atoms with Crippen molar-refractivity contribution in [2.24, 2.45) is 0 Å². The van der Waals surface area contributed by atoms with Crippen LogP contribution in [0.5, 0.6) is 0 Å². The molecule has 1 N–H and O–H groups in total. The van der Waals surface area contributed by atoms with Crippen LogP contribution in [-0.2, 0) is 6.54 Å². The summed E-state index contributed by atoms with van der Waals surface area (Å²) in [6.07, 6.45) is 1.59. The number of nitrogens with one attached hydrogen (secondary N) is 1. The Labute approximate surface area is 88.5 Å². The number of rotatable bonds is 4. The van der Waals surface area contributed by atoms with Gasteiger partial charge in [0, 0.05) is 0 Å². The van der Waals surface area contributed by atoms with E-state index in [1.165, 1.54) is 0 Å². The molecule has 0 spiro atoms. The molecule has 0 fully saturated rings. The maximum absolute atomic E-state index is 8.83. The molecule has 0 saturated carbocycles. The lowest BCUT2D eigenvalue weighted by Gasteiger charge is -2.10. The van der Waals surface area contributed by atoms with Crippen LogP contribution in [-0.4, -0.2) is 22.4 Å². The van der Waals surface area contributed by atoms with Crippen molar-refractivity contribution in [1.82, 2.24) is 15.1 Å². The molecule has 0 bridgehead atoms. The maximum atomic E-state index is 8.83. The van der Waals surface area contributed by atoms with Crippen LogP contribution in [0.3, 0.4) is 0 Å². The average Bonchev–Trinajstić information content (AvgIpc) is 2.49. The number of hydrogen-bond donors (Lipinski definition) is 1. The van der Waals surface area contributed by atoms with Gasteiger partial charge in [-0.05, 0) is 13.5 Å². The quantitative estimate of drug-likeness (QED) is 0.820. The zero-order valence-electron chi connectivity index (χ0n) is 8.29. The van der Waals surface area contributed by atoms with Crippen molar-refractivity contribution in [2.45, 2.75) is 26.4 Å². The molecule has 1 atom stereocenters. The van der Waals surface area contributed by atoms with E-state index in [4.69, 9.17) is 16.9 Å². The number of halogens is 1. The van der Waals surface area contributed by atoms with Crippen molar-refractivity contribution < 1.29 is 0 Å². The highest BCUT2D eigenvalue weighted by Gasteiger charge is 2.10. The second kappa shape index (κ2) is 4.99. The predicted molar refractivity (Wildman–Crippen MR) is 55.1 cm³/mol. The van der Waals surface area contributed by atoms with Gasteiger partial charge < -0.3 is 5.32 Å². The highest BCUT2D eigenvalue weighted by atomic mass is 35.5. The van der Waals surface area contributed by atoms with Crippen molar-refractivity contribution in [3.05, 3.63) is 16.9 Å². The third-order valence-electron chi connectivity index (χ3n) is 2.01. The summed E-state index contributed by atoms with van der Waals surface area (Å²) in [6, 6.07) is 1.96. The van der Waals surface area contributed by atoms with Gasteiger partial charge in [-0.25, -0.2) is 0 Å². The summed E-state index contributed by atoms with van der Waals surface area (Å²) in [5, 5.41) is 16.6. The Balaban J connectivity index is 2.68. The summed E-state index contributed by atoms with van der Waals surface area (Å²) < 4.78 is 1.74. The van der Waals surface area contributed by atoms with Crippen LogP contribution < -0.4 is 5.32 Å². The molecule has 5 heteroatoms. The summed E-state index contributed by atoms with van der Waals surface area (Å²) in [4.78, 5) is 0. The summed E-state index contributed by atoms with van der Waals surface area (Å²) in [6.45, 7) is 5.15. The van der Waals surface area contributed by atoms with Crippen LogP contribution in [0, 0.1) is 18.3 Å². The zero-order chi connectivity index (χ0) is 10.6. The van der Waals surface area contributed by atoms with E-state index in [-0.39, 0.29) is 6.04 Å². The van der Waals surface area contributed by atoms with Crippen molar-refractivity contribution in [3.63, 3.8) is 0 Å². The van der Waals surface area contributed by atoms with Gasteiger partial charge in [0.2, 0.25) is 0 Å². The van der Waals surface area contributed by atoms with Crippen LogP contribution in [0.2, 0.25) is 5.02 Å². The standard InChI is InChI=1S/C9H13ClN4/c1-3-12-8(4-11)6-14-7(2)9(10)5-13-14/h5,8,12H,3,6H2,1-2H3. The number of aromatic nitrogens is 2. The van der Waals surface area contributed by atoms with Crippen LogP contribution in [0.15, 0.2) is 6.20 Å². The van der Waals surface area contributed by atoms with E-state index in [1.54, 1.807) is 10.9 Å². The number of likely N-dealkylation sites (N-methyl/N-ethyl adjacent to an activating group) is 1. The van der Waals surface area contributed by atoms with Gasteiger partial charge >= 0.3 is 0 Å². The molecule has 1 unspecified atom stereocenters. The Morgan fingerprint density at radius 2 is 2.50 bits per heavy atom. The molecule has 0 saturated heterocycles. The van der Waals surface area contributed by atoms with E-state index in [0.29, 0.717) is 11.6 Å². The second-order valence-corrected chi connectivity index (χ2v) is 3.41. The van der Waals surface area contributed by atoms with Crippen LogP contribution in [0.1, 0.15) is 12.6 Å². The molecule has 0 amide bonds. The van der Waals surface area contributed by atoms with Crippen molar-refractivity contribution >= 4 is 11.6 Å². The molecule has 0 aliphatic carbocycles. The molecule has 1 aromatic heterocycles. The lowest BCUT2D eigenvalue weighted by Crippen LogP contribution is -2.32. The summed E-state index contributed by atoms with van der Waals surface area (Å²) in [5.74, 6) is 0. The van der Waals surface area contributed by atoms with Crippen molar-refractivity contribution in [3.8, 4) is 6.07 Å². The molecular weight excluding hydrogens is 200 g/mol. The van der Waals surface area contributed by atoms with Gasteiger partial charge in [-0.1, -0.05) is 18.5 Å². The monoisotopic (exact) mass is 212 g/mol. The van der Waals surface area contributed by atoms with Crippen LogP contribution >= 0.6 is 11.6 Å². The number of nitrogens with zero attached hydrogens (tertiary/aromatic N) is 3. The molecule has 76 valence electrons. The first-order chi connectivity index (χ1) is 6.69. The lowest BCUT2D eigenvalue weighted by molar-refractivity contribution is 0.493. The van der Waals surface area contributed by atoms with Crippen LogP contribution in [0.4, 0.5) is 0 Å². The summed E-state index contributed by atoms with van der Waals surface area (Å²) in [7, 11) is 0. The van der Waals surface area contributed by atoms with Gasteiger partial charge in [0.25, 0.3) is 0 Å². The molecule has 0 aromatic carbocycles. The van der Waals surface area contributed by atoms with Gasteiger partial charge in [0.05, 0.1) is 29.5 Å². The van der Waals surface area contributed by atoms with E-state index in [0.717, 1.165) is 12.2 Å². The van der Waals surface area contributed by atoms with Crippen molar-refractivity contribution in [1.29, 1.82) is 5.26 Å². The molecule has 0 aliphatic rings. The minimum atomic E-state index is -0.213. The first-order valence-corrected chi connectivity index (χ1v) is 4.87. The molecule has 1 aromatic rings. The Kier molecular flexibility index (Phi) is 3.93. The minimum Gasteiger partial charge on any atom is -0.301 e. The SMILES string of the molecule is CCNC(C#N)Cn1ncc(Cl)c1C. The van der Waals surface area contributed by atoms with Gasteiger partial charge in [-0.15, -0.1) is 0 Å². The largest absolute Gasteiger partial charge is 0.301 e. The summed E-state index contributed by atoms with van der Waals surface area (Å²) >= 11 is 5.85. The van der Waals surface area contributed by atoms with E-state index >= 15 is 0 Å². The van der Waals surface area contributed by atoms with Gasteiger partial charge in [-0.3, -0.25) is 4.68 Å². The first kappa shape index (κ1) is 11.0. The molecule has 0 radical (unpaired) electrons. The Morgan fingerprint density at radius 3 is 2.93 bits per heavy atom. The fourth-order valence-electron chi connectivity index (χ4n) is 1.18. The van der Waals surface area contributed by atoms with Gasteiger partial charge in [0.15, 0.2) is 0 Å². The fourth-order valence-corrected chi connectivity index (χ4v) is 1.32. The highest BCUT2D eigenvalue weighted by molar-refractivity contribution is 6.31. The fraction of sp³-hybridized carbons (Fsp3) is 0.556. The third-order valence-corrected chi connectivity index (χ3v) is 2.38. The number of hydrogen-bond acceptors (Lipinski definition) is 3. The Hall–Kier alpha value is -1.05. The third kappa shape index (κ3) is 2.47. The smallest absolute Gasteiger partial charge is 0.115 e. The Morgan fingerprint density at radius 1 is 1.79 bits per heavy atom. The summed E-state index contributed by atoms with van der Waals surface area (Å²) in [5.41, 5.74) is 0.893. The second-order valence-electron chi connectivity index (χ2n) is 3.00. The zero-order valence-corrected chi connectivity index (χ0v) is 9.04. The molecule has 1 heterocycles. The first-order valence-electron chi connectivity index (χ1n) is 4.50. The van der Waals surface area contributed by atoms with E-state index < -0.39 is 0 Å². The van der Waals surface area contributed by atoms with E-state index in [2.05, 4.69) is 16.5 Å². The highest BCUT2D eigenvalue weighted by Crippen LogP contribution is 2.13. The molecular formula is C9H13ClN4. The minimum absolute atomic E-state index is 0.213. The van der Waals surface area contributed by atoms with Gasteiger partial charge in [0.1, 0.15) is 6.04 Å². The van der Waals surface area contributed by atoms with Crippen LogP contribution in [0.25, 0.3) is 0 Å². The molecule has 0 aliphatic heterocycles. The van der Waals surface area contributed by atoms with E-state index in [9.17, 15) is 0 Å².